The quantitative estimate of drug-likeness (QED) is 0.665. The van der Waals surface area contributed by atoms with Crippen LogP contribution < -0.4 is 0 Å². The predicted molar refractivity (Wildman–Crippen MR) is 71.0 cm³/mol. The number of rotatable bonds is 5. The van der Waals surface area contributed by atoms with E-state index in [4.69, 9.17) is 4.52 Å². The van der Waals surface area contributed by atoms with Crippen LogP contribution in [0, 0.1) is 17.0 Å². The Balaban J connectivity index is 2.34. The van der Waals surface area contributed by atoms with Crippen molar-refractivity contribution in [1.82, 2.24) is 10.1 Å². The topological polar surface area (TPSA) is 102 Å². The van der Waals surface area contributed by atoms with Gasteiger partial charge < -0.3 is 9.63 Å². The Morgan fingerprint density at radius 2 is 2.20 bits per heavy atom. The van der Waals surface area contributed by atoms with E-state index >= 15 is 0 Å². The molecule has 7 nitrogen and oxygen atoms in total. The molecule has 1 heterocycles. The normalized spacial score (nSPS) is 12.3. The number of aromatic nitrogens is 2. The summed E-state index contributed by atoms with van der Waals surface area (Å²) in [5.74, 6) is 0.368. The first-order valence-corrected chi connectivity index (χ1v) is 6.29. The van der Waals surface area contributed by atoms with Crippen molar-refractivity contribution in [2.75, 3.05) is 0 Å². The van der Waals surface area contributed by atoms with E-state index in [9.17, 15) is 15.2 Å². The highest BCUT2D eigenvalue weighted by Crippen LogP contribution is 2.26. The Kier molecular flexibility index (Phi) is 4.09. The van der Waals surface area contributed by atoms with E-state index in [1.165, 1.54) is 12.1 Å². The Labute approximate surface area is 115 Å². The summed E-state index contributed by atoms with van der Waals surface area (Å²) in [4.78, 5) is 14.5. The van der Waals surface area contributed by atoms with E-state index in [1.807, 2.05) is 6.92 Å². The molecule has 106 valence electrons. The SMILES string of the molecule is CCCC(O)c1noc(-c2cc(C)cc([N+](=O)[O-])c2)n1. The maximum Gasteiger partial charge on any atom is 0.270 e. The smallest absolute Gasteiger partial charge is 0.270 e. The second kappa shape index (κ2) is 5.79. The van der Waals surface area contributed by atoms with Gasteiger partial charge in [0.05, 0.1) is 4.92 Å². The van der Waals surface area contributed by atoms with Crippen molar-refractivity contribution >= 4 is 5.69 Å². The minimum atomic E-state index is -0.780. The molecule has 0 bridgehead atoms. The minimum Gasteiger partial charge on any atom is -0.385 e. The summed E-state index contributed by atoms with van der Waals surface area (Å²) in [6, 6.07) is 4.56. The molecule has 0 aliphatic heterocycles. The van der Waals surface area contributed by atoms with Gasteiger partial charge in [0, 0.05) is 17.7 Å². The Bertz CT molecular complexity index is 624. The summed E-state index contributed by atoms with van der Waals surface area (Å²) in [5.41, 5.74) is 1.16. The van der Waals surface area contributed by atoms with Gasteiger partial charge in [-0.05, 0) is 25.0 Å². The summed E-state index contributed by atoms with van der Waals surface area (Å²) in [6.45, 7) is 3.69. The Hall–Kier alpha value is -2.28. The summed E-state index contributed by atoms with van der Waals surface area (Å²) in [6.07, 6.45) is 0.547. The molecule has 1 aromatic heterocycles. The highest BCUT2D eigenvalue weighted by atomic mass is 16.6. The number of nitro groups is 1. The minimum absolute atomic E-state index is 0.0335. The third-order valence-corrected chi connectivity index (χ3v) is 2.82. The van der Waals surface area contributed by atoms with Gasteiger partial charge in [-0.1, -0.05) is 18.5 Å². The second-order valence-electron chi connectivity index (χ2n) is 4.58. The predicted octanol–water partition coefficient (Wildman–Crippen LogP) is 2.79. The lowest BCUT2D eigenvalue weighted by Crippen LogP contribution is -1.98. The van der Waals surface area contributed by atoms with Crippen molar-refractivity contribution < 1.29 is 14.6 Å². The van der Waals surface area contributed by atoms with E-state index in [2.05, 4.69) is 10.1 Å². The van der Waals surface area contributed by atoms with Gasteiger partial charge in [-0.3, -0.25) is 10.1 Å². The molecule has 7 heteroatoms. The molecular formula is C13H15N3O4. The molecule has 0 fully saturated rings. The van der Waals surface area contributed by atoms with Crippen LogP contribution in [0.2, 0.25) is 0 Å². The standard InChI is InChI=1S/C13H15N3O4/c1-3-4-11(17)12-14-13(20-15-12)9-5-8(2)6-10(7-9)16(18)19/h5-7,11,17H,3-4H2,1-2H3. The molecule has 2 rings (SSSR count). The summed E-state index contributed by atoms with van der Waals surface area (Å²) in [5, 5.41) is 24.3. The first-order chi connectivity index (χ1) is 9.51. The van der Waals surface area contributed by atoms with Crippen LogP contribution in [0.25, 0.3) is 11.5 Å². The molecule has 2 aromatic rings. The molecule has 20 heavy (non-hydrogen) atoms. The molecule has 0 saturated heterocycles. The zero-order chi connectivity index (χ0) is 14.7. The van der Waals surface area contributed by atoms with Gasteiger partial charge in [0.15, 0.2) is 0 Å². The summed E-state index contributed by atoms with van der Waals surface area (Å²) >= 11 is 0. The fraction of sp³-hybridized carbons (Fsp3) is 0.385. The number of nitrogens with zero attached hydrogens (tertiary/aromatic N) is 3. The van der Waals surface area contributed by atoms with Crippen molar-refractivity contribution in [1.29, 1.82) is 0 Å². The maximum atomic E-state index is 10.8. The largest absolute Gasteiger partial charge is 0.385 e. The molecule has 1 N–H and O–H groups in total. The third-order valence-electron chi connectivity index (χ3n) is 2.82. The Morgan fingerprint density at radius 1 is 1.45 bits per heavy atom. The monoisotopic (exact) mass is 277 g/mol. The van der Waals surface area contributed by atoms with Crippen LogP contribution in [-0.2, 0) is 0 Å². The summed E-state index contributed by atoms with van der Waals surface area (Å²) in [7, 11) is 0. The average molecular weight is 277 g/mol. The number of hydrogen-bond acceptors (Lipinski definition) is 6. The fourth-order valence-electron chi connectivity index (χ4n) is 1.88. The lowest BCUT2D eigenvalue weighted by atomic mass is 10.1. The number of aliphatic hydroxyl groups is 1. The van der Waals surface area contributed by atoms with Crippen LogP contribution in [0.1, 0.15) is 37.3 Å². The van der Waals surface area contributed by atoms with Gasteiger partial charge in [-0.15, -0.1) is 0 Å². The van der Waals surface area contributed by atoms with E-state index in [0.29, 0.717) is 12.0 Å². The zero-order valence-corrected chi connectivity index (χ0v) is 11.2. The van der Waals surface area contributed by atoms with Gasteiger partial charge in [-0.2, -0.15) is 4.98 Å². The molecule has 0 radical (unpaired) electrons. The molecule has 0 aliphatic carbocycles. The van der Waals surface area contributed by atoms with Crippen molar-refractivity contribution in [2.45, 2.75) is 32.8 Å². The Morgan fingerprint density at radius 3 is 2.85 bits per heavy atom. The van der Waals surface area contributed by atoms with Crippen molar-refractivity contribution in [3.8, 4) is 11.5 Å². The van der Waals surface area contributed by atoms with Crippen LogP contribution in [0.5, 0.6) is 0 Å². The van der Waals surface area contributed by atoms with Gasteiger partial charge >= 0.3 is 0 Å². The van der Waals surface area contributed by atoms with Crippen LogP contribution in [0.3, 0.4) is 0 Å². The van der Waals surface area contributed by atoms with Crippen molar-refractivity contribution in [3.63, 3.8) is 0 Å². The van der Waals surface area contributed by atoms with Gasteiger partial charge in [0.1, 0.15) is 6.10 Å². The van der Waals surface area contributed by atoms with Crippen molar-refractivity contribution in [3.05, 3.63) is 39.7 Å². The molecule has 0 amide bonds. The number of benzene rings is 1. The van der Waals surface area contributed by atoms with Crippen LogP contribution in [-0.4, -0.2) is 20.2 Å². The number of aryl methyl sites for hydroxylation is 1. The van der Waals surface area contributed by atoms with Gasteiger partial charge in [-0.25, -0.2) is 0 Å². The molecule has 1 atom stereocenters. The van der Waals surface area contributed by atoms with Gasteiger partial charge in [0.25, 0.3) is 11.6 Å². The van der Waals surface area contributed by atoms with E-state index in [-0.39, 0.29) is 17.4 Å². The number of aliphatic hydroxyl groups excluding tert-OH is 1. The van der Waals surface area contributed by atoms with Crippen LogP contribution in [0.15, 0.2) is 22.7 Å². The first-order valence-electron chi connectivity index (χ1n) is 6.29. The molecule has 1 unspecified atom stereocenters. The average Bonchev–Trinajstić information content (AvgIpc) is 2.88. The van der Waals surface area contributed by atoms with Crippen LogP contribution in [0.4, 0.5) is 5.69 Å². The van der Waals surface area contributed by atoms with E-state index in [1.54, 1.807) is 13.0 Å². The third kappa shape index (κ3) is 3.00. The first kappa shape index (κ1) is 14.1. The van der Waals surface area contributed by atoms with E-state index in [0.717, 1.165) is 12.0 Å². The molecule has 1 aromatic carbocycles. The van der Waals surface area contributed by atoms with Crippen LogP contribution >= 0.6 is 0 Å². The molecule has 0 aliphatic rings. The highest BCUT2D eigenvalue weighted by molar-refractivity contribution is 5.59. The fourth-order valence-corrected chi connectivity index (χ4v) is 1.88. The lowest BCUT2D eigenvalue weighted by Gasteiger charge is -2.01. The lowest BCUT2D eigenvalue weighted by molar-refractivity contribution is -0.384. The van der Waals surface area contributed by atoms with Gasteiger partial charge in [0.2, 0.25) is 5.82 Å². The zero-order valence-electron chi connectivity index (χ0n) is 11.2. The summed E-state index contributed by atoms with van der Waals surface area (Å²) < 4.78 is 5.06. The number of non-ortho nitro benzene ring substituents is 1. The van der Waals surface area contributed by atoms with E-state index < -0.39 is 11.0 Å². The maximum absolute atomic E-state index is 10.8. The number of nitro benzene ring substituents is 1. The molecule has 0 saturated carbocycles. The highest BCUT2D eigenvalue weighted by Gasteiger charge is 2.18. The van der Waals surface area contributed by atoms with Crippen molar-refractivity contribution in [2.24, 2.45) is 0 Å². The molecule has 0 spiro atoms. The number of hydrogen-bond donors (Lipinski definition) is 1. The molecular weight excluding hydrogens is 262 g/mol. The second-order valence-corrected chi connectivity index (χ2v) is 4.58.